The zero-order chi connectivity index (χ0) is 21.8. The molecule has 3 aliphatic rings. The first-order valence-electron chi connectivity index (χ1n) is 12.0. The van der Waals surface area contributed by atoms with Gasteiger partial charge in [0.25, 0.3) is 0 Å². The monoisotopic (exact) mass is 514 g/mol. The van der Waals surface area contributed by atoms with Crippen molar-refractivity contribution in [2.24, 2.45) is 0 Å². The molecule has 174 valence electrons. The van der Waals surface area contributed by atoms with Crippen molar-refractivity contribution in [1.82, 2.24) is 0 Å². The minimum atomic E-state index is 0.00652. The van der Waals surface area contributed by atoms with Crippen LogP contribution in [0.4, 0.5) is 0 Å². The number of hydrogen-bond donors (Lipinski definition) is 1. The number of phenolic OH excluding ortho intramolecular Hbond substituents is 1. The Balaban J connectivity index is 1.04. The second-order valence-electron chi connectivity index (χ2n) is 10.4. The molecule has 1 nitrogen and oxygen atoms in total. The van der Waals surface area contributed by atoms with Crippen LogP contribution in [0.5, 0.6) is 5.75 Å². The van der Waals surface area contributed by atoms with Crippen LogP contribution in [0.1, 0.15) is 83.3 Å². The molecule has 6 heteroatoms. The van der Waals surface area contributed by atoms with Crippen LogP contribution < -0.4 is 0 Å². The molecule has 5 unspecified atom stereocenters. The van der Waals surface area contributed by atoms with E-state index in [1.165, 1.54) is 62.7 Å². The Morgan fingerprint density at radius 3 is 2.55 bits per heavy atom. The maximum Gasteiger partial charge on any atom is 0.119 e. The predicted molar refractivity (Wildman–Crippen MR) is 149 cm³/mol. The third kappa shape index (κ3) is 7.37. The lowest BCUT2D eigenvalue weighted by molar-refractivity contribution is 0.445. The van der Waals surface area contributed by atoms with Gasteiger partial charge in [-0.25, -0.2) is 0 Å². The minimum Gasteiger partial charge on any atom is -0.508 e. The van der Waals surface area contributed by atoms with E-state index in [9.17, 15) is 5.11 Å². The van der Waals surface area contributed by atoms with Crippen LogP contribution in [0.25, 0.3) is 0 Å². The van der Waals surface area contributed by atoms with Gasteiger partial charge in [-0.1, -0.05) is 102 Å². The lowest BCUT2D eigenvalue weighted by Crippen LogP contribution is -2.19. The Labute approximate surface area is 210 Å². The summed E-state index contributed by atoms with van der Waals surface area (Å²) in [5.41, 5.74) is 2.34. The average Bonchev–Trinajstić information content (AvgIpc) is 3.32. The lowest BCUT2D eigenvalue weighted by Gasteiger charge is -2.20. The first-order chi connectivity index (χ1) is 14.9. The van der Waals surface area contributed by atoms with E-state index in [1.807, 2.05) is 6.07 Å². The van der Waals surface area contributed by atoms with Gasteiger partial charge in [0.05, 0.1) is 0 Å². The fraction of sp³-hybridized carbons (Fsp3) is 0.760. The Hall–Kier alpha value is 0.770. The summed E-state index contributed by atoms with van der Waals surface area (Å²) in [5, 5.41) is 15.0. The summed E-state index contributed by atoms with van der Waals surface area (Å²) >= 11 is 2.27. The number of thioether (sulfide) groups is 1. The van der Waals surface area contributed by atoms with E-state index in [1.54, 1.807) is 0 Å². The molecule has 5 atom stereocenters. The highest BCUT2D eigenvalue weighted by Crippen LogP contribution is 2.57. The van der Waals surface area contributed by atoms with Gasteiger partial charge >= 0.3 is 0 Å². The third-order valence-electron chi connectivity index (χ3n) is 6.65. The van der Waals surface area contributed by atoms with Crippen molar-refractivity contribution in [2.45, 2.75) is 110 Å². The molecule has 0 saturated carbocycles. The summed E-state index contributed by atoms with van der Waals surface area (Å²) in [7, 11) is 8.72. The maximum atomic E-state index is 10.3. The zero-order valence-electron chi connectivity index (χ0n) is 19.2. The fourth-order valence-electron chi connectivity index (χ4n) is 4.69. The van der Waals surface area contributed by atoms with Crippen LogP contribution in [0.3, 0.4) is 0 Å². The second kappa shape index (κ2) is 11.5. The van der Waals surface area contributed by atoms with Crippen LogP contribution >= 0.6 is 54.9 Å². The van der Waals surface area contributed by atoms with Crippen LogP contribution in [0.2, 0.25) is 0 Å². The van der Waals surface area contributed by atoms with Crippen LogP contribution in [-0.2, 0) is 11.8 Å². The Morgan fingerprint density at radius 2 is 1.74 bits per heavy atom. The van der Waals surface area contributed by atoms with E-state index >= 15 is 0 Å². The minimum absolute atomic E-state index is 0.00652. The normalized spacial score (nSPS) is 30.4. The topological polar surface area (TPSA) is 20.2 Å². The van der Waals surface area contributed by atoms with Crippen molar-refractivity contribution in [1.29, 1.82) is 0 Å². The summed E-state index contributed by atoms with van der Waals surface area (Å²) in [6.07, 6.45) is 12.2. The zero-order valence-corrected chi connectivity index (χ0v) is 23.3. The predicted octanol–water partition coefficient (Wildman–Crippen LogP) is 8.73. The molecule has 0 radical (unpaired) electrons. The number of benzene rings is 1. The first-order valence-corrected chi connectivity index (χ1v) is 17.6. The quantitative estimate of drug-likeness (QED) is 0.190. The average molecular weight is 515 g/mol. The molecule has 3 heterocycles. The van der Waals surface area contributed by atoms with Crippen molar-refractivity contribution in [2.75, 3.05) is 5.75 Å². The summed E-state index contributed by atoms with van der Waals surface area (Å²) in [5.74, 6) is 1.83. The largest absolute Gasteiger partial charge is 0.508 e. The lowest BCUT2D eigenvalue weighted by atomic mass is 9.85. The van der Waals surface area contributed by atoms with E-state index in [-0.39, 0.29) is 5.41 Å². The Bertz CT molecular complexity index is 718. The van der Waals surface area contributed by atoms with E-state index in [0.717, 1.165) is 38.2 Å². The number of rotatable bonds is 10. The molecule has 3 saturated heterocycles. The molecule has 0 aromatic heterocycles. The van der Waals surface area contributed by atoms with E-state index < -0.39 is 0 Å². The number of aryl methyl sites for hydroxylation is 1. The van der Waals surface area contributed by atoms with Gasteiger partial charge in [-0.2, -0.15) is 11.8 Å². The summed E-state index contributed by atoms with van der Waals surface area (Å²) in [4.78, 5) is 0. The number of unbranched alkanes of at least 4 members (excludes halogenated alkanes) is 4. The highest BCUT2D eigenvalue weighted by Gasteiger charge is 2.43. The molecular weight excluding hydrogens is 477 g/mol. The van der Waals surface area contributed by atoms with E-state index in [2.05, 4.69) is 87.8 Å². The van der Waals surface area contributed by atoms with Gasteiger partial charge in [0.15, 0.2) is 0 Å². The molecule has 1 N–H and O–H groups in total. The van der Waals surface area contributed by atoms with Gasteiger partial charge in [0.2, 0.25) is 0 Å². The SMILES string of the molecule is CC(C)(C)c1ccc(CCCCCCCC2SC2CC2SSCC3CC2SS3)cc1O. The molecular formula is C25H38OS5. The van der Waals surface area contributed by atoms with E-state index in [0.29, 0.717) is 5.75 Å². The van der Waals surface area contributed by atoms with Crippen molar-refractivity contribution in [3.8, 4) is 5.75 Å². The third-order valence-corrected chi connectivity index (χ3v) is 14.9. The molecule has 0 spiro atoms. The van der Waals surface area contributed by atoms with E-state index in [4.69, 9.17) is 0 Å². The van der Waals surface area contributed by atoms with Gasteiger partial charge in [0.1, 0.15) is 5.75 Å². The van der Waals surface area contributed by atoms with Gasteiger partial charge in [-0.3, -0.25) is 0 Å². The standard InChI is InChI=1S/C25H38OS5/c1-25(2,3)19-12-11-17(13-20(19)26)9-7-5-4-6-8-10-21-22(28-21)15-24-23-14-18(29-31-23)16-27-30-24/h11-13,18,21-24,26H,4-10,14-16H2,1-3H3. The Kier molecular flexibility index (Phi) is 9.20. The molecule has 4 rings (SSSR count). The molecule has 1 aromatic carbocycles. The summed E-state index contributed by atoms with van der Waals surface area (Å²) in [6, 6.07) is 6.31. The van der Waals surface area contributed by atoms with Gasteiger partial charge in [-0.05, 0) is 54.7 Å². The van der Waals surface area contributed by atoms with Crippen LogP contribution in [0.15, 0.2) is 18.2 Å². The van der Waals surface area contributed by atoms with Crippen LogP contribution in [0, 0.1) is 0 Å². The van der Waals surface area contributed by atoms with Crippen molar-refractivity contribution < 1.29 is 5.11 Å². The number of hydrogen-bond acceptors (Lipinski definition) is 6. The van der Waals surface area contributed by atoms with Gasteiger partial charge < -0.3 is 5.11 Å². The van der Waals surface area contributed by atoms with Crippen LogP contribution in [-0.4, -0.2) is 37.1 Å². The molecule has 2 bridgehead atoms. The second-order valence-corrected chi connectivity index (χ2v) is 17.3. The smallest absolute Gasteiger partial charge is 0.119 e. The fourth-order valence-corrected chi connectivity index (χ4v) is 14.0. The molecule has 31 heavy (non-hydrogen) atoms. The van der Waals surface area contributed by atoms with Gasteiger partial charge in [0, 0.05) is 32.0 Å². The van der Waals surface area contributed by atoms with Crippen molar-refractivity contribution in [3.05, 3.63) is 29.3 Å². The van der Waals surface area contributed by atoms with Crippen molar-refractivity contribution >= 4 is 54.9 Å². The molecule has 0 aliphatic carbocycles. The molecule has 1 aromatic rings. The summed E-state index contributed by atoms with van der Waals surface area (Å²) in [6.45, 7) is 6.46. The highest BCUT2D eigenvalue weighted by atomic mass is 33.1. The first kappa shape index (κ1) is 24.9. The highest BCUT2D eigenvalue weighted by molar-refractivity contribution is 8.80. The molecule has 3 fully saturated rings. The summed E-state index contributed by atoms with van der Waals surface area (Å²) < 4.78 is 0. The van der Waals surface area contributed by atoms with Gasteiger partial charge in [-0.15, -0.1) is 0 Å². The number of fused-ring (bicyclic) bond motifs is 2. The number of aromatic hydroxyl groups is 1. The number of phenols is 1. The Morgan fingerprint density at radius 1 is 0.935 bits per heavy atom. The van der Waals surface area contributed by atoms with Crippen molar-refractivity contribution in [3.63, 3.8) is 0 Å². The maximum absolute atomic E-state index is 10.3. The molecule has 0 amide bonds. The molecule has 3 aliphatic heterocycles.